The molecule has 0 radical (unpaired) electrons. The molecule has 0 unspecified atom stereocenters. The van der Waals surface area contributed by atoms with E-state index in [0.29, 0.717) is 13.2 Å². The van der Waals surface area contributed by atoms with Crippen molar-refractivity contribution in [1.29, 1.82) is 0 Å². The van der Waals surface area contributed by atoms with Crippen molar-refractivity contribution in [2.75, 3.05) is 13.2 Å². The average Bonchev–Trinajstić information content (AvgIpc) is 3.22. The Morgan fingerprint density at radius 3 is 3.00 bits per heavy atom. The fraction of sp³-hybridized carbons (Fsp3) is 0.529. The van der Waals surface area contributed by atoms with Crippen LogP contribution in [0, 0.1) is 19.8 Å². The molecule has 1 fully saturated rings. The van der Waals surface area contributed by atoms with E-state index in [1.165, 1.54) is 5.56 Å². The number of carbonyl (C=O) groups is 1. The molecule has 1 saturated heterocycles. The van der Waals surface area contributed by atoms with Crippen LogP contribution >= 0.6 is 11.3 Å². The molecule has 0 spiro atoms. The number of thiophene rings is 1. The third-order valence-electron chi connectivity index (χ3n) is 4.57. The lowest BCUT2D eigenvalue weighted by atomic mass is 9.93. The number of nitrogens with one attached hydrogen (secondary N) is 1. The van der Waals surface area contributed by atoms with E-state index in [4.69, 9.17) is 4.74 Å². The van der Waals surface area contributed by atoms with Crippen molar-refractivity contribution < 1.29 is 9.53 Å². The fourth-order valence-electron chi connectivity index (χ4n) is 3.24. The van der Waals surface area contributed by atoms with Crippen LogP contribution in [-0.4, -0.2) is 28.8 Å². The predicted molar refractivity (Wildman–Crippen MR) is 90.5 cm³/mol. The van der Waals surface area contributed by atoms with Crippen molar-refractivity contribution >= 4 is 17.2 Å². The molecule has 2 aromatic heterocycles. The van der Waals surface area contributed by atoms with Gasteiger partial charge in [0.15, 0.2) is 0 Å². The van der Waals surface area contributed by atoms with Crippen molar-refractivity contribution in [3.8, 4) is 0 Å². The van der Waals surface area contributed by atoms with Crippen LogP contribution in [-0.2, 0) is 23.0 Å². The Bertz CT molecular complexity index is 678. The van der Waals surface area contributed by atoms with Gasteiger partial charge in [0, 0.05) is 31.5 Å². The summed E-state index contributed by atoms with van der Waals surface area (Å²) in [6.45, 7) is 5.31. The maximum atomic E-state index is 12.6. The highest BCUT2D eigenvalue weighted by Crippen LogP contribution is 2.37. The van der Waals surface area contributed by atoms with E-state index < -0.39 is 0 Å². The highest BCUT2D eigenvalue weighted by molar-refractivity contribution is 7.07. The minimum Gasteiger partial charge on any atom is -0.373 e. The maximum absolute atomic E-state index is 12.6. The smallest absolute Gasteiger partial charge is 0.226 e. The first kappa shape index (κ1) is 16.2. The molecule has 1 amide bonds. The van der Waals surface area contributed by atoms with Crippen molar-refractivity contribution in [1.82, 2.24) is 15.1 Å². The van der Waals surface area contributed by atoms with Gasteiger partial charge in [0.05, 0.1) is 17.7 Å². The Morgan fingerprint density at radius 1 is 1.52 bits per heavy atom. The summed E-state index contributed by atoms with van der Waals surface area (Å²) in [4.78, 5) is 12.6. The van der Waals surface area contributed by atoms with E-state index in [0.717, 1.165) is 29.8 Å². The number of hydrogen-bond donors (Lipinski definition) is 1. The summed E-state index contributed by atoms with van der Waals surface area (Å²) in [7, 11) is 1.93. The number of aromatic nitrogens is 2. The topological polar surface area (TPSA) is 56.2 Å². The molecule has 2 aromatic rings. The lowest BCUT2D eigenvalue weighted by Gasteiger charge is -2.19. The van der Waals surface area contributed by atoms with Crippen LogP contribution in [0.25, 0.3) is 0 Å². The monoisotopic (exact) mass is 333 g/mol. The second-order valence-electron chi connectivity index (χ2n) is 6.07. The highest BCUT2D eigenvalue weighted by atomic mass is 32.1. The zero-order valence-corrected chi connectivity index (χ0v) is 14.7. The molecule has 3 rings (SSSR count). The first-order chi connectivity index (χ1) is 11.1. The van der Waals surface area contributed by atoms with Gasteiger partial charge in [-0.1, -0.05) is 0 Å². The lowest BCUT2D eigenvalue weighted by Crippen LogP contribution is -2.33. The molecule has 0 saturated carbocycles. The van der Waals surface area contributed by atoms with Crippen molar-refractivity contribution in [2.24, 2.45) is 13.0 Å². The summed E-state index contributed by atoms with van der Waals surface area (Å²) in [5.74, 6) is -0.0375. The third kappa shape index (κ3) is 3.33. The van der Waals surface area contributed by atoms with E-state index in [2.05, 4.69) is 27.2 Å². The molecule has 1 aliphatic heterocycles. The van der Waals surface area contributed by atoms with Crippen molar-refractivity contribution in [3.05, 3.63) is 39.3 Å². The van der Waals surface area contributed by atoms with Crippen LogP contribution < -0.4 is 5.32 Å². The summed E-state index contributed by atoms with van der Waals surface area (Å²) >= 11 is 1.68. The number of carbonyl (C=O) groups excluding carboxylic acids is 1. The van der Waals surface area contributed by atoms with E-state index >= 15 is 0 Å². The molecule has 1 N–H and O–H groups in total. The zero-order valence-electron chi connectivity index (χ0n) is 13.8. The zero-order chi connectivity index (χ0) is 16.4. The number of hydrogen-bond acceptors (Lipinski definition) is 4. The Labute approximate surface area is 140 Å². The first-order valence-electron chi connectivity index (χ1n) is 7.98. The minimum absolute atomic E-state index is 0.0883. The van der Waals surface area contributed by atoms with Crippen LogP contribution in [0.3, 0.4) is 0 Å². The fourth-order valence-corrected chi connectivity index (χ4v) is 3.94. The van der Waals surface area contributed by atoms with Gasteiger partial charge in [-0.05, 0) is 49.1 Å². The van der Waals surface area contributed by atoms with Gasteiger partial charge in [-0.25, -0.2) is 0 Å². The quantitative estimate of drug-likeness (QED) is 0.915. The summed E-state index contributed by atoms with van der Waals surface area (Å²) in [6.07, 6.45) is 1.46. The predicted octanol–water partition coefficient (Wildman–Crippen LogP) is 2.53. The molecule has 0 aliphatic carbocycles. The molecule has 124 valence electrons. The summed E-state index contributed by atoms with van der Waals surface area (Å²) in [5, 5.41) is 11.7. The Morgan fingerprint density at radius 2 is 2.35 bits per heavy atom. The van der Waals surface area contributed by atoms with Gasteiger partial charge in [0.25, 0.3) is 0 Å². The molecular weight excluding hydrogens is 310 g/mol. The van der Waals surface area contributed by atoms with Crippen LogP contribution in [0.15, 0.2) is 16.8 Å². The molecule has 23 heavy (non-hydrogen) atoms. The van der Waals surface area contributed by atoms with Gasteiger partial charge in [-0.2, -0.15) is 16.4 Å². The standard InChI is InChI=1S/C17H23N3O2S/c1-11-15(12(2)20(3)19-11)16-14(5-8-22-16)17(21)18-7-4-13-6-9-23-10-13/h6,9-10,14,16H,4-5,7-8H2,1-3H3,(H,18,21)/t14-,16-/m0/s1. The van der Waals surface area contributed by atoms with Gasteiger partial charge in [0.1, 0.15) is 0 Å². The number of nitrogens with zero attached hydrogens (tertiary/aromatic N) is 2. The average molecular weight is 333 g/mol. The van der Waals surface area contributed by atoms with E-state index in [9.17, 15) is 4.79 Å². The molecule has 1 aliphatic rings. The molecule has 0 aromatic carbocycles. The van der Waals surface area contributed by atoms with Gasteiger partial charge in [-0.3, -0.25) is 9.48 Å². The molecule has 3 heterocycles. The van der Waals surface area contributed by atoms with Crippen LogP contribution in [0.2, 0.25) is 0 Å². The van der Waals surface area contributed by atoms with Gasteiger partial charge in [-0.15, -0.1) is 0 Å². The number of ether oxygens (including phenoxy) is 1. The lowest BCUT2D eigenvalue weighted by molar-refractivity contribution is -0.126. The molecule has 6 heteroatoms. The largest absolute Gasteiger partial charge is 0.373 e. The summed E-state index contributed by atoms with van der Waals surface area (Å²) < 4.78 is 7.75. The number of rotatable bonds is 5. The highest BCUT2D eigenvalue weighted by Gasteiger charge is 2.37. The number of amides is 1. The van der Waals surface area contributed by atoms with E-state index in [1.807, 2.05) is 25.6 Å². The van der Waals surface area contributed by atoms with Crippen molar-refractivity contribution in [2.45, 2.75) is 32.8 Å². The summed E-state index contributed by atoms with van der Waals surface area (Å²) in [6, 6.07) is 2.10. The molecule has 5 nitrogen and oxygen atoms in total. The Balaban J connectivity index is 1.65. The van der Waals surface area contributed by atoms with Crippen LogP contribution in [0.4, 0.5) is 0 Å². The second-order valence-corrected chi connectivity index (χ2v) is 6.85. The first-order valence-corrected chi connectivity index (χ1v) is 8.92. The minimum atomic E-state index is -0.176. The van der Waals surface area contributed by atoms with Crippen molar-refractivity contribution in [3.63, 3.8) is 0 Å². The number of aryl methyl sites for hydroxylation is 2. The molecular formula is C17H23N3O2S. The molecule has 0 bridgehead atoms. The van der Waals surface area contributed by atoms with E-state index in [1.54, 1.807) is 11.3 Å². The molecule has 2 atom stereocenters. The van der Waals surface area contributed by atoms with Gasteiger partial charge < -0.3 is 10.1 Å². The Kier molecular flexibility index (Phi) is 4.82. The van der Waals surface area contributed by atoms with E-state index in [-0.39, 0.29) is 17.9 Å². The SMILES string of the molecule is Cc1nn(C)c(C)c1[C@H]1OCC[C@@H]1C(=O)NCCc1ccsc1. The van der Waals surface area contributed by atoms with Gasteiger partial charge >= 0.3 is 0 Å². The van der Waals surface area contributed by atoms with Crippen LogP contribution in [0.5, 0.6) is 0 Å². The van der Waals surface area contributed by atoms with Crippen LogP contribution in [0.1, 0.15) is 35.0 Å². The third-order valence-corrected chi connectivity index (χ3v) is 5.30. The Hall–Kier alpha value is -1.66. The summed E-state index contributed by atoms with van der Waals surface area (Å²) in [5.41, 5.74) is 4.37. The maximum Gasteiger partial charge on any atom is 0.226 e. The second kappa shape index (κ2) is 6.84. The normalized spacial score (nSPS) is 20.8. The van der Waals surface area contributed by atoms with Gasteiger partial charge in [0.2, 0.25) is 5.91 Å².